The summed E-state index contributed by atoms with van der Waals surface area (Å²) in [6.45, 7) is 1.81. The number of carbonyl (C=O) groups excluding carboxylic acids is 1. The molecule has 0 aliphatic carbocycles. The number of hydrogen-bond donors (Lipinski definition) is 3. The van der Waals surface area contributed by atoms with E-state index in [4.69, 9.17) is 26.5 Å². The van der Waals surface area contributed by atoms with Gasteiger partial charge < -0.3 is 19.4 Å². The maximum absolute atomic E-state index is 13.5. The van der Waals surface area contributed by atoms with Gasteiger partial charge in [0.1, 0.15) is 12.2 Å². The van der Waals surface area contributed by atoms with Gasteiger partial charge in [-0.05, 0) is 71.7 Å². The highest BCUT2D eigenvalue weighted by Gasteiger charge is 2.29. The summed E-state index contributed by atoms with van der Waals surface area (Å²) in [5.41, 5.74) is 6.38. The summed E-state index contributed by atoms with van der Waals surface area (Å²) >= 11 is 6.33. The van der Waals surface area contributed by atoms with Crippen LogP contribution in [0.3, 0.4) is 0 Å². The normalized spacial score (nSPS) is 13.5. The van der Waals surface area contributed by atoms with Crippen molar-refractivity contribution in [3.63, 3.8) is 0 Å². The predicted octanol–water partition coefficient (Wildman–Crippen LogP) is 4.51. The fourth-order valence-electron chi connectivity index (χ4n) is 5.18. The summed E-state index contributed by atoms with van der Waals surface area (Å²) in [5, 5.41) is 21.6. The lowest BCUT2D eigenvalue weighted by Gasteiger charge is -2.15. The Morgan fingerprint density at radius 2 is 1.95 bits per heavy atom. The molecule has 13 nitrogen and oxygen atoms in total. The Hall–Kier alpha value is -5.30. The number of pyridine rings is 1. The fourth-order valence-corrected chi connectivity index (χ4v) is 5.35. The Bertz CT molecular complexity index is 1820. The number of rotatable bonds is 6. The molecule has 0 bridgehead atoms. The lowest BCUT2D eigenvalue weighted by Crippen LogP contribution is -2.24. The van der Waals surface area contributed by atoms with E-state index in [-0.39, 0.29) is 18.1 Å². The molecule has 0 saturated heterocycles. The van der Waals surface area contributed by atoms with Crippen molar-refractivity contribution in [2.24, 2.45) is 0 Å². The highest BCUT2D eigenvalue weighted by Crippen LogP contribution is 2.35. The number of aromatic amines is 1. The number of halogens is 1. The van der Waals surface area contributed by atoms with E-state index in [9.17, 15) is 9.59 Å². The van der Waals surface area contributed by atoms with E-state index < -0.39 is 6.09 Å². The second kappa shape index (κ2) is 12.7. The number of nitrogens with one attached hydrogen (secondary N) is 2. The number of carbonyl (C=O) groups is 2. The standard InChI is InChI=1S/C28H25ClN8O3.CH2O2/c1-3-22-26(16-4-7-19(8-5-16)31-28(39)40-2)33-27(32-22)24-11-9-20-12-17(13-25(38)37(20)24)21-14-18(29)6-10-23(21)36-15-30-34-35-36;2-1-3/h4-8,10,12-15,24H,3,9,11H2,1-2H3,(H,31,39)(H,32,33);1H,(H,2,3). The molecule has 1 unspecified atom stereocenters. The minimum absolute atomic E-state index is 0.119. The molecule has 14 heteroatoms. The molecule has 220 valence electrons. The van der Waals surface area contributed by atoms with Crippen LogP contribution in [0.5, 0.6) is 0 Å². The number of aromatic nitrogens is 7. The fraction of sp³-hybridized carbons (Fsp3) is 0.207. The monoisotopic (exact) mass is 602 g/mol. The molecule has 4 heterocycles. The summed E-state index contributed by atoms with van der Waals surface area (Å²) in [5.74, 6) is 0.745. The van der Waals surface area contributed by atoms with E-state index in [1.807, 2.05) is 34.9 Å². The average Bonchev–Trinajstić information content (AvgIpc) is 3.78. The number of imidazole rings is 1. The molecule has 3 aromatic heterocycles. The first-order chi connectivity index (χ1) is 20.9. The molecular formula is C29H27ClN8O5. The first-order valence-corrected chi connectivity index (χ1v) is 13.6. The van der Waals surface area contributed by atoms with Crippen LogP contribution in [0.2, 0.25) is 5.02 Å². The van der Waals surface area contributed by atoms with Gasteiger partial charge in [-0.2, -0.15) is 4.68 Å². The van der Waals surface area contributed by atoms with Crippen LogP contribution in [0.4, 0.5) is 10.5 Å². The third kappa shape index (κ3) is 6.02. The number of benzene rings is 2. The third-order valence-electron chi connectivity index (χ3n) is 7.06. The van der Waals surface area contributed by atoms with Crippen molar-refractivity contribution >= 4 is 29.9 Å². The number of tetrazole rings is 1. The Morgan fingerprint density at radius 1 is 1.19 bits per heavy atom. The van der Waals surface area contributed by atoms with Crippen LogP contribution in [0, 0.1) is 0 Å². The van der Waals surface area contributed by atoms with Gasteiger partial charge in [0, 0.05) is 39.3 Å². The molecule has 1 atom stereocenters. The molecule has 1 amide bonds. The number of methoxy groups -OCH3 is 1. The molecule has 0 saturated carbocycles. The van der Waals surface area contributed by atoms with Gasteiger partial charge in [-0.1, -0.05) is 30.7 Å². The quantitative estimate of drug-likeness (QED) is 0.237. The third-order valence-corrected chi connectivity index (χ3v) is 7.29. The summed E-state index contributed by atoms with van der Waals surface area (Å²) in [6.07, 6.45) is 3.18. The molecule has 2 aromatic carbocycles. The van der Waals surface area contributed by atoms with Crippen LogP contribution in [0.25, 0.3) is 28.1 Å². The topological polar surface area (TPSA) is 170 Å². The van der Waals surface area contributed by atoms with Crippen LogP contribution in [0.1, 0.15) is 36.6 Å². The van der Waals surface area contributed by atoms with Crippen molar-refractivity contribution in [3.05, 3.63) is 93.5 Å². The zero-order valence-electron chi connectivity index (χ0n) is 23.2. The summed E-state index contributed by atoms with van der Waals surface area (Å²) in [6, 6.07) is 16.3. The van der Waals surface area contributed by atoms with Crippen molar-refractivity contribution in [1.29, 1.82) is 0 Å². The van der Waals surface area contributed by atoms with Gasteiger partial charge in [0.05, 0.1) is 24.5 Å². The zero-order valence-corrected chi connectivity index (χ0v) is 23.9. The smallest absolute Gasteiger partial charge is 0.411 e. The van der Waals surface area contributed by atoms with Crippen molar-refractivity contribution in [2.75, 3.05) is 12.4 Å². The Kier molecular flexibility index (Phi) is 8.62. The lowest BCUT2D eigenvalue weighted by molar-refractivity contribution is -0.122. The largest absolute Gasteiger partial charge is 0.483 e. The molecule has 0 spiro atoms. The molecule has 0 fully saturated rings. The van der Waals surface area contributed by atoms with Gasteiger partial charge in [0.25, 0.3) is 12.0 Å². The van der Waals surface area contributed by atoms with Crippen LogP contribution >= 0.6 is 11.6 Å². The predicted molar refractivity (Wildman–Crippen MR) is 158 cm³/mol. The number of fused-ring (bicyclic) bond motifs is 1. The van der Waals surface area contributed by atoms with Gasteiger partial charge in [0.2, 0.25) is 0 Å². The number of carboxylic acid groups (broad SMARTS) is 1. The van der Waals surface area contributed by atoms with E-state index in [1.54, 1.807) is 28.9 Å². The van der Waals surface area contributed by atoms with Gasteiger partial charge in [-0.3, -0.25) is 14.9 Å². The highest BCUT2D eigenvalue weighted by atomic mass is 35.5. The first kappa shape index (κ1) is 29.2. The molecule has 6 rings (SSSR count). The van der Waals surface area contributed by atoms with E-state index in [0.29, 0.717) is 10.7 Å². The lowest BCUT2D eigenvalue weighted by atomic mass is 10.0. The number of anilines is 1. The van der Waals surface area contributed by atoms with E-state index in [2.05, 4.69) is 37.5 Å². The van der Waals surface area contributed by atoms with Crippen molar-refractivity contribution in [2.45, 2.75) is 32.2 Å². The molecule has 3 N–H and O–H groups in total. The van der Waals surface area contributed by atoms with Gasteiger partial charge in [-0.15, -0.1) is 5.10 Å². The number of aryl methyl sites for hydroxylation is 2. The van der Waals surface area contributed by atoms with Crippen LogP contribution < -0.4 is 10.9 Å². The maximum atomic E-state index is 13.5. The van der Waals surface area contributed by atoms with Gasteiger partial charge in [0.15, 0.2) is 0 Å². The van der Waals surface area contributed by atoms with Gasteiger partial charge >= 0.3 is 6.09 Å². The first-order valence-electron chi connectivity index (χ1n) is 13.3. The summed E-state index contributed by atoms with van der Waals surface area (Å²) in [7, 11) is 1.32. The molecule has 43 heavy (non-hydrogen) atoms. The highest BCUT2D eigenvalue weighted by molar-refractivity contribution is 6.31. The van der Waals surface area contributed by atoms with Crippen LogP contribution in [-0.2, 0) is 22.4 Å². The SMILES string of the molecule is CCc1[nH]c(C2CCc3cc(-c4cc(Cl)ccc4-n4cnnn4)cc(=O)n32)nc1-c1ccc(NC(=O)OC)cc1.O=CO. The number of H-pyrrole nitrogens is 1. The van der Waals surface area contributed by atoms with Crippen molar-refractivity contribution in [3.8, 4) is 28.1 Å². The Morgan fingerprint density at radius 3 is 2.63 bits per heavy atom. The van der Waals surface area contributed by atoms with Crippen molar-refractivity contribution in [1.82, 2.24) is 34.7 Å². The summed E-state index contributed by atoms with van der Waals surface area (Å²) < 4.78 is 8.02. The molecule has 0 radical (unpaired) electrons. The Labute approximate surface area is 250 Å². The molecule has 1 aliphatic rings. The average molecular weight is 603 g/mol. The van der Waals surface area contributed by atoms with Crippen LogP contribution in [-0.4, -0.2) is 59.5 Å². The second-order valence-corrected chi connectivity index (χ2v) is 9.95. The zero-order chi connectivity index (χ0) is 30.5. The molecular weight excluding hydrogens is 576 g/mol. The van der Waals surface area contributed by atoms with E-state index in [0.717, 1.165) is 64.5 Å². The van der Waals surface area contributed by atoms with E-state index in [1.165, 1.54) is 13.4 Å². The van der Waals surface area contributed by atoms with E-state index >= 15 is 0 Å². The number of nitrogens with zero attached hydrogens (tertiary/aromatic N) is 6. The van der Waals surface area contributed by atoms with Crippen LogP contribution in [0.15, 0.2) is 65.7 Å². The number of amides is 1. The minimum atomic E-state index is -0.528. The van der Waals surface area contributed by atoms with Crippen molar-refractivity contribution < 1.29 is 19.4 Å². The maximum Gasteiger partial charge on any atom is 0.411 e. The number of ether oxygens (including phenoxy) is 1. The Balaban J connectivity index is 0.00000118. The molecule has 1 aliphatic heterocycles. The number of hydrogen-bond acceptors (Lipinski definition) is 8. The van der Waals surface area contributed by atoms with Gasteiger partial charge in [-0.25, -0.2) is 9.78 Å². The minimum Gasteiger partial charge on any atom is -0.483 e. The molecule has 5 aromatic rings. The summed E-state index contributed by atoms with van der Waals surface area (Å²) in [4.78, 5) is 41.8. The second-order valence-electron chi connectivity index (χ2n) is 9.52.